The molecule has 1 fully saturated rings. The van der Waals surface area contributed by atoms with E-state index in [1.165, 1.54) is 18.0 Å². The van der Waals surface area contributed by atoms with E-state index in [9.17, 15) is 14.9 Å². The van der Waals surface area contributed by atoms with Crippen molar-refractivity contribution in [3.63, 3.8) is 0 Å². The van der Waals surface area contributed by atoms with Crippen molar-refractivity contribution in [3.8, 4) is 0 Å². The zero-order valence-corrected chi connectivity index (χ0v) is 9.98. The highest BCUT2D eigenvalue weighted by Crippen LogP contribution is 2.27. The molecule has 0 bridgehead atoms. The molecule has 6 heteroatoms. The second-order valence-corrected chi connectivity index (χ2v) is 4.98. The molecule has 0 aliphatic carbocycles. The van der Waals surface area contributed by atoms with Crippen LogP contribution in [0.4, 0.5) is 5.69 Å². The Labute approximate surface area is 103 Å². The molecule has 0 saturated carbocycles. The third-order valence-corrected chi connectivity index (χ3v) is 3.63. The summed E-state index contributed by atoms with van der Waals surface area (Å²) in [6.45, 7) is 1.43. The van der Waals surface area contributed by atoms with Gasteiger partial charge in [-0.1, -0.05) is 6.07 Å². The van der Waals surface area contributed by atoms with Gasteiger partial charge in [-0.15, -0.1) is 0 Å². The topological polar surface area (TPSA) is 63.5 Å². The number of nitro benzene ring substituents is 1. The summed E-state index contributed by atoms with van der Waals surface area (Å²) in [5.74, 6) is 0.292. The number of hydrogen-bond donors (Lipinski definition) is 0. The molecule has 0 N–H and O–H groups in total. The Kier molecular flexibility index (Phi) is 3.75. The first-order chi connectivity index (χ1) is 8.15. The van der Waals surface area contributed by atoms with Crippen molar-refractivity contribution in [2.75, 3.05) is 13.1 Å². The molecule has 2 rings (SSSR count). The van der Waals surface area contributed by atoms with Crippen LogP contribution < -0.4 is 0 Å². The van der Waals surface area contributed by atoms with Crippen molar-refractivity contribution in [2.45, 2.75) is 17.7 Å². The van der Waals surface area contributed by atoms with E-state index in [0.717, 1.165) is 4.90 Å². The van der Waals surface area contributed by atoms with Gasteiger partial charge in [-0.2, -0.15) is 0 Å². The number of benzene rings is 1. The quantitative estimate of drug-likeness (QED) is 0.469. The van der Waals surface area contributed by atoms with Crippen LogP contribution in [0.5, 0.6) is 0 Å². The van der Waals surface area contributed by atoms with E-state index in [0.29, 0.717) is 31.7 Å². The van der Waals surface area contributed by atoms with Crippen molar-refractivity contribution in [2.24, 2.45) is 0 Å². The van der Waals surface area contributed by atoms with Crippen LogP contribution in [-0.4, -0.2) is 28.1 Å². The Morgan fingerprint density at radius 1 is 1.29 bits per heavy atom. The van der Waals surface area contributed by atoms with Crippen molar-refractivity contribution in [1.82, 2.24) is 4.31 Å². The molecular weight excluding hydrogens is 240 g/mol. The molecule has 5 nitrogen and oxygen atoms in total. The third kappa shape index (κ3) is 3.28. The van der Waals surface area contributed by atoms with E-state index < -0.39 is 4.92 Å². The maximum atomic E-state index is 11.1. The van der Waals surface area contributed by atoms with Crippen molar-refractivity contribution >= 4 is 23.4 Å². The van der Waals surface area contributed by atoms with Gasteiger partial charge in [-0.3, -0.25) is 14.9 Å². The smallest absolute Gasteiger partial charge is 0.270 e. The lowest BCUT2D eigenvalue weighted by Crippen LogP contribution is -2.28. The van der Waals surface area contributed by atoms with Crippen LogP contribution in [0.25, 0.3) is 0 Å². The van der Waals surface area contributed by atoms with Crippen LogP contribution in [0.3, 0.4) is 0 Å². The molecule has 1 aliphatic rings. The van der Waals surface area contributed by atoms with Crippen molar-refractivity contribution in [1.29, 1.82) is 0 Å². The molecule has 1 aromatic rings. The van der Waals surface area contributed by atoms with E-state index in [2.05, 4.69) is 4.31 Å². The van der Waals surface area contributed by atoms with Crippen molar-refractivity contribution in [3.05, 3.63) is 34.4 Å². The van der Waals surface area contributed by atoms with E-state index >= 15 is 0 Å². The highest BCUT2D eigenvalue weighted by Gasteiger charge is 2.17. The first-order valence-corrected chi connectivity index (χ1v) is 6.11. The summed E-state index contributed by atoms with van der Waals surface area (Å²) in [6, 6.07) is 6.55. The largest absolute Gasteiger partial charge is 0.300 e. The predicted octanol–water partition coefficient (Wildman–Crippen LogP) is 2.27. The normalized spacial score (nSPS) is 17.1. The number of rotatable bonds is 3. The zero-order chi connectivity index (χ0) is 12.3. The number of hydrogen-bond acceptors (Lipinski definition) is 5. The highest BCUT2D eigenvalue weighted by molar-refractivity contribution is 7.97. The lowest BCUT2D eigenvalue weighted by atomic mass is 10.1. The second kappa shape index (κ2) is 5.29. The minimum absolute atomic E-state index is 0.100. The Balaban J connectivity index is 2.01. The molecule has 90 valence electrons. The van der Waals surface area contributed by atoms with Gasteiger partial charge in [0.15, 0.2) is 0 Å². The van der Waals surface area contributed by atoms with Crippen LogP contribution in [-0.2, 0) is 4.79 Å². The van der Waals surface area contributed by atoms with Crippen LogP contribution >= 0.6 is 11.9 Å². The fourth-order valence-electron chi connectivity index (χ4n) is 1.63. The summed E-state index contributed by atoms with van der Waals surface area (Å²) in [4.78, 5) is 22.1. The molecule has 1 aromatic carbocycles. The standard InChI is InChI=1S/C11H12N2O3S/c14-10-4-6-12(7-5-10)17-11-3-1-2-9(8-11)13(15)16/h1-3,8H,4-7H2. The molecule has 0 radical (unpaired) electrons. The van der Waals surface area contributed by atoms with Crippen LogP contribution in [0, 0.1) is 10.1 Å². The van der Waals surface area contributed by atoms with Crippen LogP contribution in [0.2, 0.25) is 0 Å². The summed E-state index contributed by atoms with van der Waals surface area (Å²) in [6.07, 6.45) is 1.14. The van der Waals surface area contributed by atoms with Gasteiger partial charge in [-0.05, 0) is 18.0 Å². The number of nitro groups is 1. The lowest BCUT2D eigenvalue weighted by Gasteiger charge is -2.24. The van der Waals surface area contributed by atoms with E-state index in [1.807, 2.05) is 6.07 Å². The fraction of sp³-hybridized carbons (Fsp3) is 0.364. The van der Waals surface area contributed by atoms with Crippen molar-refractivity contribution < 1.29 is 9.72 Å². The first kappa shape index (κ1) is 12.1. The van der Waals surface area contributed by atoms with Crippen LogP contribution in [0.1, 0.15) is 12.8 Å². The number of piperidine rings is 1. The Bertz CT molecular complexity index is 440. The maximum Gasteiger partial charge on any atom is 0.270 e. The highest BCUT2D eigenvalue weighted by atomic mass is 32.2. The number of carbonyl (C=O) groups is 1. The van der Waals surface area contributed by atoms with E-state index in [4.69, 9.17) is 0 Å². The molecule has 0 amide bonds. The Hall–Kier alpha value is -1.40. The molecule has 1 heterocycles. The number of ketones is 1. The predicted molar refractivity (Wildman–Crippen MR) is 64.8 cm³/mol. The number of nitrogens with zero attached hydrogens (tertiary/aromatic N) is 2. The van der Waals surface area contributed by atoms with Gasteiger partial charge in [0.1, 0.15) is 5.78 Å². The molecule has 0 spiro atoms. The SMILES string of the molecule is O=C1CCN(Sc2cccc([N+](=O)[O-])c2)CC1. The molecule has 17 heavy (non-hydrogen) atoms. The van der Waals surface area contributed by atoms with Gasteiger partial charge in [0, 0.05) is 43.0 Å². The number of carbonyl (C=O) groups excluding carboxylic acids is 1. The molecule has 0 unspecified atom stereocenters. The van der Waals surface area contributed by atoms with E-state index in [-0.39, 0.29) is 5.69 Å². The zero-order valence-electron chi connectivity index (χ0n) is 9.17. The first-order valence-electron chi connectivity index (χ1n) is 5.34. The minimum Gasteiger partial charge on any atom is -0.300 e. The maximum absolute atomic E-state index is 11.1. The molecular formula is C11H12N2O3S. The van der Waals surface area contributed by atoms with Crippen LogP contribution in [0.15, 0.2) is 29.2 Å². The molecule has 0 atom stereocenters. The van der Waals surface area contributed by atoms with Gasteiger partial charge >= 0.3 is 0 Å². The lowest BCUT2D eigenvalue weighted by molar-refractivity contribution is -0.385. The van der Waals surface area contributed by atoms with Gasteiger partial charge < -0.3 is 0 Å². The number of non-ortho nitro benzene ring substituents is 1. The fourth-order valence-corrected chi connectivity index (χ4v) is 2.61. The van der Waals surface area contributed by atoms with E-state index in [1.54, 1.807) is 12.1 Å². The summed E-state index contributed by atoms with van der Waals surface area (Å²) in [7, 11) is 0. The van der Waals surface area contributed by atoms with Gasteiger partial charge in [-0.25, -0.2) is 4.31 Å². The van der Waals surface area contributed by atoms with Gasteiger partial charge in [0.2, 0.25) is 0 Å². The Morgan fingerprint density at radius 3 is 2.65 bits per heavy atom. The summed E-state index contributed by atoms with van der Waals surface area (Å²) in [5, 5.41) is 10.6. The second-order valence-electron chi connectivity index (χ2n) is 3.81. The minimum atomic E-state index is -0.399. The third-order valence-electron chi connectivity index (χ3n) is 2.54. The average Bonchev–Trinajstić information content (AvgIpc) is 2.32. The number of Topliss-reactive ketones (excluding diaryl/α,β-unsaturated/α-hetero) is 1. The average molecular weight is 252 g/mol. The monoisotopic (exact) mass is 252 g/mol. The molecule has 0 aromatic heterocycles. The van der Waals surface area contributed by atoms with Gasteiger partial charge in [0.25, 0.3) is 5.69 Å². The summed E-state index contributed by atoms with van der Waals surface area (Å²) < 4.78 is 2.07. The molecule has 1 saturated heterocycles. The van der Waals surface area contributed by atoms with Gasteiger partial charge in [0.05, 0.1) is 4.92 Å². The molecule has 1 aliphatic heterocycles. The summed E-state index contributed by atoms with van der Waals surface area (Å²) in [5.41, 5.74) is 0.100. The summed E-state index contributed by atoms with van der Waals surface area (Å²) >= 11 is 1.47. The Morgan fingerprint density at radius 2 is 2.00 bits per heavy atom.